The van der Waals surface area contributed by atoms with Crippen molar-refractivity contribution in [3.63, 3.8) is 0 Å². The summed E-state index contributed by atoms with van der Waals surface area (Å²) in [6.45, 7) is 2.90. The number of carbonyl (C=O) groups is 2. The van der Waals surface area contributed by atoms with Crippen molar-refractivity contribution >= 4 is 23.2 Å². The van der Waals surface area contributed by atoms with Gasteiger partial charge in [0.15, 0.2) is 0 Å². The van der Waals surface area contributed by atoms with Crippen LogP contribution >= 0.6 is 0 Å². The number of nitrogens with zero attached hydrogens (tertiary/aromatic N) is 2. The molecule has 0 bridgehead atoms. The monoisotopic (exact) mass is 377 g/mol. The minimum absolute atomic E-state index is 0.0852. The highest BCUT2D eigenvalue weighted by Crippen LogP contribution is 2.34. The molecule has 2 heterocycles. The summed E-state index contributed by atoms with van der Waals surface area (Å²) < 4.78 is 0. The fraction of sp³-hybridized carbons (Fsp3) is 0.391. The standard InChI is InChI=1S/C23H27N3O2/c1-3-16-8-7-9-18(14-16)24-22(27)17-11-12-19-20(15-17)25(2)21-10-5-4-6-13-26(21)23(19)28/h7-9,11-12,14-15,21H,3-6,10,13H2,1-2H3,(H,24,27). The number of aryl methyl sites for hydroxylation is 1. The molecule has 0 aromatic heterocycles. The van der Waals surface area contributed by atoms with Crippen LogP contribution in [0.2, 0.25) is 0 Å². The maximum absolute atomic E-state index is 13.0. The Bertz CT molecular complexity index is 908. The highest BCUT2D eigenvalue weighted by atomic mass is 16.2. The molecule has 2 amide bonds. The van der Waals surface area contributed by atoms with Crippen LogP contribution in [0.25, 0.3) is 0 Å². The normalized spacial score (nSPS) is 18.9. The maximum Gasteiger partial charge on any atom is 0.257 e. The molecule has 28 heavy (non-hydrogen) atoms. The van der Waals surface area contributed by atoms with E-state index in [1.54, 1.807) is 12.1 Å². The molecule has 0 spiro atoms. The van der Waals surface area contributed by atoms with Crippen molar-refractivity contribution in [2.24, 2.45) is 0 Å². The van der Waals surface area contributed by atoms with Gasteiger partial charge in [-0.2, -0.15) is 0 Å². The Balaban J connectivity index is 1.61. The van der Waals surface area contributed by atoms with Crippen molar-refractivity contribution in [3.8, 4) is 0 Å². The summed E-state index contributed by atoms with van der Waals surface area (Å²) in [5.74, 6) is -0.0668. The number of anilines is 2. The lowest BCUT2D eigenvalue weighted by atomic mass is 10.0. The van der Waals surface area contributed by atoms with Gasteiger partial charge in [0.1, 0.15) is 6.17 Å². The maximum atomic E-state index is 13.0. The molecule has 5 nitrogen and oxygen atoms in total. The number of hydrogen-bond donors (Lipinski definition) is 1. The Labute approximate surface area is 166 Å². The average Bonchev–Trinajstić information content (AvgIpc) is 2.98. The third-order valence-electron chi connectivity index (χ3n) is 5.89. The van der Waals surface area contributed by atoms with E-state index in [-0.39, 0.29) is 18.0 Å². The second-order valence-electron chi connectivity index (χ2n) is 7.68. The predicted octanol–water partition coefficient (Wildman–Crippen LogP) is 4.29. The fourth-order valence-electron chi connectivity index (χ4n) is 4.26. The minimum Gasteiger partial charge on any atom is -0.354 e. The molecule has 2 aliphatic heterocycles. The molecule has 2 aliphatic rings. The van der Waals surface area contributed by atoms with Gasteiger partial charge in [0.25, 0.3) is 11.8 Å². The zero-order chi connectivity index (χ0) is 19.7. The van der Waals surface area contributed by atoms with Crippen molar-refractivity contribution in [2.75, 3.05) is 23.8 Å². The fourth-order valence-corrected chi connectivity index (χ4v) is 4.26. The lowest BCUT2D eigenvalue weighted by Crippen LogP contribution is -2.53. The van der Waals surface area contributed by atoms with Gasteiger partial charge in [-0.25, -0.2) is 0 Å². The largest absolute Gasteiger partial charge is 0.354 e. The average molecular weight is 377 g/mol. The zero-order valence-electron chi connectivity index (χ0n) is 16.6. The third-order valence-corrected chi connectivity index (χ3v) is 5.89. The van der Waals surface area contributed by atoms with Crippen LogP contribution in [-0.4, -0.2) is 36.5 Å². The first-order chi connectivity index (χ1) is 13.6. The van der Waals surface area contributed by atoms with Crippen molar-refractivity contribution < 1.29 is 9.59 Å². The molecule has 1 N–H and O–H groups in total. The Morgan fingerprint density at radius 1 is 1.14 bits per heavy atom. The van der Waals surface area contributed by atoms with Gasteiger partial charge in [-0.3, -0.25) is 9.59 Å². The van der Waals surface area contributed by atoms with Crippen LogP contribution in [-0.2, 0) is 6.42 Å². The SMILES string of the molecule is CCc1cccc(NC(=O)c2ccc3c(c2)N(C)C2CCCCCN2C3=O)c1. The van der Waals surface area contributed by atoms with Crippen LogP contribution < -0.4 is 10.2 Å². The van der Waals surface area contributed by atoms with Crippen molar-refractivity contribution in [1.82, 2.24) is 4.90 Å². The summed E-state index contributed by atoms with van der Waals surface area (Å²) in [6.07, 6.45) is 5.33. The van der Waals surface area contributed by atoms with Gasteiger partial charge in [-0.15, -0.1) is 0 Å². The molecule has 146 valence electrons. The Morgan fingerprint density at radius 2 is 2.00 bits per heavy atom. The number of rotatable bonds is 3. The Morgan fingerprint density at radius 3 is 2.82 bits per heavy atom. The molecule has 1 unspecified atom stereocenters. The predicted molar refractivity (Wildman–Crippen MR) is 112 cm³/mol. The van der Waals surface area contributed by atoms with Crippen LogP contribution in [0.15, 0.2) is 42.5 Å². The summed E-state index contributed by atoms with van der Waals surface area (Å²) in [5, 5.41) is 2.98. The van der Waals surface area contributed by atoms with E-state index < -0.39 is 0 Å². The van der Waals surface area contributed by atoms with E-state index in [2.05, 4.69) is 17.1 Å². The van der Waals surface area contributed by atoms with Gasteiger partial charge in [0.2, 0.25) is 0 Å². The molecule has 2 aromatic rings. The number of amides is 2. The van der Waals surface area contributed by atoms with Crippen LogP contribution in [0.1, 0.15) is 58.9 Å². The van der Waals surface area contributed by atoms with Gasteiger partial charge >= 0.3 is 0 Å². The molecular formula is C23H27N3O2. The molecule has 1 atom stereocenters. The van der Waals surface area contributed by atoms with Gasteiger partial charge < -0.3 is 15.1 Å². The summed E-state index contributed by atoms with van der Waals surface area (Å²) in [5.41, 5.74) is 4.08. The van der Waals surface area contributed by atoms with Gasteiger partial charge in [-0.05, 0) is 61.6 Å². The van der Waals surface area contributed by atoms with Gasteiger partial charge in [0.05, 0.1) is 11.3 Å². The van der Waals surface area contributed by atoms with E-state index in [9.17, 15) is 9.59 Å². The molecular weight excluding hydrogens is 350 g/mol. The second kappa shape index (κ2) is 7.66. The molecule has 1 fully saturated rings. The van der Waals surface area contributed by atoms with Gasteiger partial charge in [0, 0.05) is 24.8 Å². The Hall–Kier alpha value is -2.82. The first kappa shape index (κ1) is 18.5. The van der Waals surface area contributed by atoms with Crippen molar-refractivity contribution in [2.45, 2.75) is 45.2 Å². The smallest absolute Gasteiger partial charge is 0.257 e. The quantitative estimate of drug-likeness (QED) is 0.868. The Kier molecular flexibility index (Phi) is 5.07. The summed E-state index contributed by atoms with van der Waals surface area (Å²) in [4.78, 5) is 29.9. The first-order valence-corrected chi connectivity index (χ1v) is 10.2. The molecule has 0 saturated carbocycles. The first-order valence-electron chi connectivity index (χ1n) is 10.2. The van der Waals surface area contributed by atoms with Crippen LogP contribution in [0.5, 0.6) is 0 Å². The van der Waals surface area contributed by atoms with E-state index in [4.69, 9.17) is 0 Å². The zero-order valence-corrected chi connectivity index (χ0v) is 16.6. The number of nitrogens with one attached hydrogen (secondary N) is 1. The van der Waals surface area contributed by atoms with E-state index in [1.807, 2.05) is 42.3 Å². The number of hydrogen-bond acceptors (Lipinski definition) is 3. The summed E-state index contributed by atoms with van der Waals surface area (Å²) in [7, 11) is 2.03. The van der Waals surface area contributed by atoms with E-state index in [0.29, 0.717) is 11.1 Å². The molecule has 0 radical (unpaired) electrons. The number of carbonyl (C=O) groups excluding carboxylic acids is 2. The summed E-state index contributed by atoms with van der Waals surface area (Å²) >= 11 is 0. The molecule has 0 aliphatic carbocycles. The summed E-state index contributed by atoms with van der Waals surface area (Å²) in [6, 6.07) is 13.3. The molecule has 2 aromatic carbocycles. The number of benzene rings is 2. The molecule has 1 saturated heterocycles. The van der Waals surface area contributed by atoms with Crippen molar-refractivity contribution in [3.05, 3.63) is 59.2 Å². The highest BCUT2D eigenvalue weighted by Gasteiger charge is 2.36. The van der Waals surface area contributed by atoms with Gasteiger partial charge in [-0.1, -0.05) is 25.5 Å². The third kappa shape index (κ3) is 3.37. The molecule has 4 rings (SSSR count). The minimum atomic E-state index is -0.153. The van der Waals surface area contributed by atoms with Crippen LogP contribution in [0.4, 0.5) is 11.4 Å². The van der Waals surface area contributed by atoms with Crippen LogP contribution in [0, 0.1) is 0 Å². The molecule has 5 heteroatoms. The topological polar surface area (TPSA) is 52.7 Å². The van der Waals surface area contributed by atoms with E-state index in [1.165, 1.54) is 5.56 Å². The van der Waals surface area contributed by atoms with Crippen LogP contribution in [0.3, 0.4) is 0 Å². The second-order valence-corrected chi connectivity index (χ2v) is 7.68. The van der Waals surface area contributed by atoms with E-state index >= 15 is 0 Å². The highest BCUT2D eigenvalue weighted by molar-refractivity contribution is 6.08. The lowest BCUT2D eigenvalue weighted by molar-refractivity contribution is 0.0661. The van der Waals surface area contributed by atoms with E-state index in [0.717, 1.165) is 50.0 Å². The van der Waals surface area contributed by atoms with Crippen molar-refractivity contribution in [1.29, 1.82) is 0 Å². The number of fused-ring (bicyclic) bond motifs is 2. The lowest BCUT2D eigenvalue weighted by Gasteiger charge is -2.43.